The van der Waals surface area contributed by atoms with Crippen LogP contribution in [0.1, 0.15) is 44.4 Å². The fourth-order valence-electron chi connectivity index (χ4n) is 3.54. The average molecular weight is 289 g/mol. The minimum Gasteiger partial charge on any atom is -0.374 e. The third-order valence-corrected chi connectivity index (χ3v) is 4.64. The molecule has 2 atom stereocenters. The molecule has 0 radical (unpaired) electrons. The van der Waals surface area contributed by atoms with Crippen LogP contribution in [0.4, 0.5) is 5.82 Å². The molecule has 116 valence electrons. The van der Waals surface area contributed by atoms with E-state index in [1.165, 1.54) is 30.5 Å². The molecule has 1 aliphatic heterocycles. The van der Waals surface area contributed by atoms with Gasteiger partial charge in [0.15, 0.2) is 0 Å². The Morgan fingerprint density at radius 3 is 3.05 bits per heavy atom. The van der Waals surface area contributed by atoms with Crippen molar-refractivity contribution < 1.29 is 4.74 Å². The Hall–Kier alpha value is -1.13. The van der Waals surface area contributed by atoms with E-state index >= 15 is 0 Å². The molecule has 1 aliphatic carbocycles. The van der Waals surface area contributed by atoms with Crippen molar-refractivity contribution in [2.75, 3.05) is 24.6 Å². The molecule has 1 saturated carbocycles. The third-order valence-electron chi connectivity index (χ3n) is 4.64. The fourth-order valence-corrected chi connectivity index (χ4v) is 3.54. The van der Waals surface area contributed by atoms with Gasteiger partial charge in [0.05, 0.1) is 18.8 Å². The van der Waals surface area contributed by atoms with Crippen LogP contribution in [0, 0.1) is 0 Å². The normalized spacial score (nSPS) is 25.1. The highest BCUT2D eigenvalue weighted by Gasteiger charge is 2.36. The molecule has 4 heteroatoms. The summed E-state index contributed by atoms with van der Waals surface area (Å²) in [4.78, 5) is 7.38. The monoisotopic (exact) mass is 289 g/mol. The maximum absolute atomic E-state index is 5.92. The average Bonchev–Trinajstić information content (AvgIpc) is 3.01. The lowest BCUT2D eigenvalue weighted by Gasteiger charge is -2.38. The first-order valence-electron chi connectivity index (χ1n) is 8.40. The molecule has 21 heavy (non-hydrogen) atoms. The minimum absolute atomic E-state index is 0.419. The standard InChI is InChI=1S/C17H27N3O/c1-3-14-10-13(12-18-4-2)11-17(19-14)20-8-9-21-16-7-5-6-15(16)20/h10-11,15-16,18H,3-9,12H2,1-2H3. The van der Waals surface area contributed by atoms with Crippen LogP contribution in [0.15, 0.2) is 12.1 Å². The highest BCUT2D eigenvalue weighted by molar-refractivity contribution is 5.45. The number of aromatic nitrogens is 1. The number of aryl methyl sites for hydroxylation is 1. The fraction of sp³-hybridized carbons (Fsp3) is 0.706. The summed E-state index contributed by atoms with van der Waals surface area (Å²) in [5.41, 5.74) is 2.54. The molecule has 1 aromatic heterocycles. The van der Waals surface area contributed by atoms with Crippen molar-refractivity contribution in [1.82, 2.24) is 10.3 Å². The summed E-state index contributed by atoms with van der Waals surface area (Å²) >= 11 is 0. The topological polar surface area (TPSA) is 37.4 Å². The zero-order valence-electron chi connectivity index (χ0n) is 13.3. The summed E-state index contributed by atoms with van der Waals surface area (Å²) < 4.78 is 5.92. The van der Waals surface area contributed by atoms with E-state index in [2.05, 4.69) is 36.2 Å². The van der Waals surface area contributed by atoms with Crippen LogP contribution in [-0.2, 0) is 17.7 Å². The van der Waals surface area contributed by atoms with Crippen LogP contribution in [0.3, 0.4) is 0 Å². The molecule has 0 amide bonds. The van der Waals surface area contributed by atoms with E-state index in [0.717, 1.165) is 38.5 Å². The first-order chi connectivity index (χ1) is 10.3. The van der Waals surface area contributed by atoms with E-state index in [9.17, 15) is 0 Å². The van der Waals surface area contributed by atoms with Crippen LogP contribution in [-0.4, -0.2) is 36.8 Å². The molecular formula is C17H27N3O. The molecule has 2 fully saturated rings. The number of pyridine rings is 1. The van der Waals surface area contributed by atoms with Crippen molar-refractivity contribution >= 4 is 5.82 Å². The zero-order valence-corrected chi connectivity index (χ0v) is 13.3. The van der Waals surface area contributed by atoms with Gasteiger partial charge in [0.2, 0.25) is 0 Å². The van der Waals surface area contributed by atoms with Gasteiger partial charge >= 0.3 is 0 Å². The van der Waals surface area contributed by atoms with Crippen molar-refractivity contribution in [2.24, 2.45) is 0 Å². The quantitative estimate of drug-likeness (QED) is 0.904. The smallest absolute Gasteiger partial charge is 0.129 e. The van der Waals surface area contributed by atoms with Gasteiger partial charge in [-0.3, -0.25) is 0 Å². The van der Waals surface area contributed by atoms with Crippen LogP contribution in [0.2, 0.25) is 0 Å². The largest absolute Gasteiger partial charge is 0.374 e. The summed E-state index contributed by atoms with van der Waals surface area (Å²) in [7, 11) is 0. The molecule has 1 saturated heterocycles. The Bertz CT molecular complexity index is 477. The van der Waals surface area contributed by atoms with Crippen LogP contribution in [0.5, 0.6) is 0 Å². The lowest BCUT2D eigenvalue weighted by molar-refractivity contribution is 0.0253. The molecule has 0 bridgehead atoms. The van der Waals surface area contributed by atoms with Crippen LogP contribution in [0.25, 0.3) is 0 Å². The lowest BCUT2D eigenvalue weighted by atomic mass is 10.1. The molecule has 3 rings (SSSR count). The highest BCUT2D eigenvalue weighted by Crippen LogP contribution is 2.32. The van der Waals surface area contributed by atoms with E-state index in [1.807, 2.05) is 0 Å². The summed E-state index contributed by atoms with van der Waals surface area (Å²) in [6.45, 7) is 8.07. The second-order valence-corrected chi connectivity index (χ2v) is 6.06. The number of nitrogens with zero attached hydrogens (tertiary/aromatic N) is 2. The third kappa shape index (κ3) is 3.22. The Kier molecular flexibility index (Phi) is 4.76. The number of fused-ring (bicyclic) bond motifs is 1. The minimum atomic E-state index is 0.419. The highest BCUT2D eigenvalue weighted by atomic mass is 16.5. The lowest BCUT2D eigenvalue weighted by Crippen LogP contribution is -2.49. The molecule has 1 aromatic rings. The Morgan fingerprint density at radius 1 is 1.33 bits per heavy atom. The molecule has 4 nitrogen and oxygen atoms in total. The number of rotatable bonds is 5. The van der Waals surface area contributed by atoms with Gasteiger partial charge in [-0.25, -0.2) is 4.98 Å². The molecular weight excluding hydrogens is 262 g/mol. The molecule has 2 aliphatic rings. The Balaban J connectivity index is 1.85. The van der Waals surface area contributed by atoms with E-state index in [-0.39, 0.29) is 0 Å². The first-order valence-corrected chi connectivity index (χ1v) is 8.40. The van der Waals surface area contributed by atoms with Gasteiger partial charge in [0.1, 0.15) is 5.82 Å². The van der Waals surface area contributed by atoms with Gasteiger partial charge in [-0.15, -0.1) is 0 Å². The molecule has 1 N–H and O–H groups in total. The second-order valence-electron chi connectivity index (χ2n) is 6.06. The van der Waals surface area contributed by atoms with Gasteiger partial charge < -0.3 is 15.0 Å². The molecule has 2 heterocycles. The van der Waals surface area contributed by atoms with Gasteiger partial charge in [0.25, 0.3) is 0 Å². The number of nitrogens with one attached hydrogen (secondary N) is 1. The summed E-state index contributed by atoms with van der Waals surface area (Å²) in [5.74, 6) is 1.16. The number of hydrogen-bond donors (Lipinski definition) is 1. The van der Waals surface area contributed by atoms with Crippen LogP contribution < -0.4 is 10.2 Å². The first kappa shape index (κ1) is 14.8. The van der Waals surface area contributed by atoms with E-state index in [1.54, 1.807) is 0 Å². The Labute approximate surface area is 127 Å². The summed E-state index contributed by atoms with van der Waals surface area (Å²) in [6.07, 6.45) is 5.14. The summed E-state index contributed by atoms with van der Waals surface area (Å²) in [6, 6.07) is 5.03. The van der Waals surface area contributed by atoms with Crippen molar-refractivity contribution in [3.05, 3.63) is 23.4 Å². The van der Waals surface area contributed by atoms with Gasteiger partial charge in [0, 0.05) is 18.8 Å². The number of ether oxygens (including phenoxy) is 1. The SMILES string of the molecule is CCNCc1cc(CC)nc(N2CCOC3CCCC32)c1. The van der Waals surface area contributed by atoms with Gasteiger partial charge in [-0.2, -0.15) is 0 Å². The van der Waals surface area contributed by atoms with Crippen LogP contribution >= 0.6 is 0 Å². The predicted octanol–water partition coefficient (Wildman–Crippen LogP) is 2.51. The number of morpholine rings is 1. The number of hydrogen-bond acceptors (Lipinski definition) is 4. The summed E-state index contributed by atoms with van der Waals surface area (Å²) in [5, 5.41) is 3.42. The predicted molar refractivity (Wildman–Crippen MR) is 85.7 cm³/mol. The van der Waals surface area contributed by atoms with Gasteiger partial charge in [-0.1, -0.05) is 13.8 Å². The second kappa shape index (κ2) is 6.75. The molecule has 0 aromatic carbocycles. The van der Waals surface area contributed by atoms with E-state index in [0.29, 0.717) is 12.1 Å². The zero-order chi connectivity index (χ0) is 14.7. The van der Waals surface area contributed by atoms with Crippen molar-refractivity contribution in [2.45, 2.75) is 58.2 Å². The van der Waals surface area contributed by atoms with E-state index < -0.39 is 0 Å². The van der Waals surface area contributed by atoms with Crippen molar-refractivity contribution in [1.29, 1.82) is 0 Å². The maximum atomic E-state index is 5.92. The van der Waals surface area contributed by atoms with Gasteiger partial charge in [-0.05, 0) is 49.9 Å². The maximum Gasteiger partial charge on any atom is 0.129 e. The van der Waals surface area contributed by atoms with E-state index in [4.69, 9.17) is 9.72 Å². The molecule has 2 unspecified atom stereocenters. The van der Waals surface area contributed by atoms with Crippen molar-refractivity contribution in [3.8, 4) is 0 Å². The number of anilines is 1. The van der Waals surface area contributed by atoms with Crippen molar-refractivity contribution in [3.63, 3.8) is 0 Å². The molecule has 0 spiro atoms. The Morgan fingerprint density at radius 2 is 2.24 bits per heavy atom.